The molecule has 2 aliphatic rings. The van der Waals surface area contributed by atoms with E-state index in [-0.39, 0.29) is 25.6 Å². The third kappa shape index (κ3) is 32.8. The monoisotopic (exact) mass is 1040 g/mol. The Morgan fingerprint density at radius 2 is 0.890 bits per heavy atom. The Hall–Kier alpha value is -2.31. The van der Waals surface area contributed by atoms with E-state index in [9.17, 15) is 40.5 Å². The number of carbonyl (C=O) groups is 1. The molecule has 2 heterocycles. The van der Waals surface area contributed by atoms with Crippen molar-refractivity contribution < 1.29 is 69.0 Å². The van der Waals surface area contributed by atoms with Gasteiger partial charge in [-0.25, -0.2) is 0 Å². The van der Waals surface area contributed by atoms with E-state index < -0.39 is 80.7 Å². The average Bonchev–Trinajstić information content (AvgIpc) is 3.39. The molecular formula is C59H104O14. The molecular weight excluding hydrogens is 933 g/mol. The van der Waals surface area contributed by atoms with Gasteiger partial charge in [-0.3, -0.25) is 4.79 Å². The van der Waals surface area contributed by atoms with Gasteiger partial charge in [-0.05, 0) is 57.8 Å². The van der Waals surface area contributed by atoms with E-state index in [4.69, 9.17) is 28.4 Å². The summed E-state index contributed by atoms with van der Waals surface area (Å²) in [6.45, 7) is 3.59. The second-order valence-corrected chi connectivity index (χ2v) is 20.1. The van der Waals surface area contributed by atoms with Gasteiger partial charge in [0.05, 0.1) is 26.4 Å². The summed E-state index contributed by atoms with van der Waals surface area (Å²) < 4.78 is 34.4. The van der Waals surface area contributed by atoms with Crippen molar-refractivity contribution in [1.29, 1.82) is 0 Å². The molecule has 0 aromatic carbocycles. The fourth-order valence-corrected chi connectivity index (χ4v) is 8.90. The largest absolute Gasteiger partial charge is 0.457 e. The smallest absolute Gasteiger partial charge is 0.306 e. The van der Waals surface area contributed by atoms with Crippen LogP contribution in [-0.2, 0) is 33.2 Å². The summed E-state index contributed by atoms with van der Waals surface area (Å²) in [6, 6.07) is 0. The van der Waals surface area contributed by atoms with Gasteiger partial charge < -0.3 is 64.2 Å². The van der Waals surface area contributed by atoms with Crippen LogP contribution >= 0.6 is 0 Å². The Morgan fingerprint density at radius 1 is 0.466 bits per heavy atom. The minimum absolute atomic E-state index is 0.0597. The van der Waals surface area contributed by atoms with Crippen LogP contribution in [0.25, 0.3) is 0 Å². The van der Waals surface area contributed by atoms with Crippen LogP contribution in [0.5, 0.6) is 0 Å². The molecule has 0 amide bonds. The van der Waals surface area contributed by atoms with Crippen molar-refractivity contribution in [2.45, 2.75) is 274 Å². The zero-order chi connectivity index (χ0) is 53.0. The number of esters is 1. The van der Waals surface area contributed by atoms with Crippen molar-refractivity contribution in [3.63, 3.8) is 0 Å². The van der Waals surface area contributed by atoms with Crippen LogP contribution in [0.1, 0.15) is 206 Å². The molecule has 0 radical (unpaired) electrons. The van der Waals surface area contributed by atoms with Crippen LogP contribution in [0.2, 0.25) is 0 Å². The molecule has 7 N–H and O–H groups in total. The lowest BCUT2D eigenvalue weighted by molar-refractivity contribution is -0.332. The molecule has 2 fully saturated rings. The molecule has 14 nitrogen and oxygen atoms in total. The normalized spacial score (nSPS) is 25.4. The first-order valence-electron chi connectivity index (χ1n) is 28.9. The quantitative estimate of drug-likeness (QED) is 0.0172. The number of aliphatic hydroxyl groups excluding tert-OH is 7. The molecule has 73 heavy (non-hydrogen) atoms. The summed E-state index contributed by atoms with van der Waals surface area (Å²) in [5.74, 6) is -0.382. The highest BCUT2D eigenvalue weighted by atomic mass is 16.7. The number of ether oxygens (including phenoxy) is 6. The van der Waals surface area contributed by atoms with Crippen LogP contribution < -0.4 is 0 Å². The van der Waals surface area contributed by atoms with Gasteiger partial charge in [0.25, 0.3) is 0 Å². The van der Waals surface area contributed by atoms with Gasteiger partial charge in [0.15, 0.2) is 12.6 Å². The molecule has 2 rings (SSSR count). The number of hydrogen-bond acceptors (Lipinski definition) is 14. The zero-order valence-electron chi connectivity index (χ0n) is 45.4. The van der Waals surface area contributed by atoms with E-state index in [1.165, 1.54) is 103 Å². The fraction of sp³-hybridized carbons (Fsp3) is 0.814. The van der Waals surface area contributed by atoms with Crippen molar-refractivity contribution in [1.82, 2.24) is 0 Å². The van der Waals surface area contributed by atoms with Crippen LogP contribution in [0.4, 0.5) is 0 Å². The summed E-state index contributed by atoms with van der Waals surface area (Å²) in [6.07, 6.45) is 39.9. The lowest BCUT2D eigenvalue weighted by atomic mass is 9.98. The van der Waals surface area contributed by atoms with Gasteiger partial charge in [0, 0.05) is 13.0 Å². The van der Waals surface area contributed by atoms with Gasteiger partial charge in [-0.1, -0.05) is 203 Å². The van der Waals surface area contributed by atoms with Crippen LogP contribution in [0, 0.1) is 0 Å². The minimum Gasteiger partial charge on any atom is -0.457 e. The van der Waals surface area contributed by atoms with Crippen molar-refractivity contribution in [3.8, 4) is 0 Å². The van der Waals surface area contributed by atoms with E-state index in [1.807, 2.05) is 0 Å². The van der Waals surface area contributed by atoms with Crippen molar-refractivity contribution in [3.05, 3.63) is 60.8 Å². The van der Waals surface area contributed by atoms with Crippen molar-refractivity contribution in [2.24, 2.45) is 0 Å². The molecule has 11 unspecified atom stereocenters. The first kappa shape index (κ1) is 66.8. The Bertz CT molecular complexity index is 1440. The van der Waals surface area contributed by atoms with Crippen molar-refractivity contribution >= 4 is 5.97 Å². The summed E-state index contributed by atoms with van der Waals surface area (Å²) >= 11 is 0. The highest BCUT2D eigenvalue weighted by Gasteiger charge is 2.47. The van der Waals surface area contributed by atoms with Crippen molar-refractivity contribution in [2.75, 3.05) is 33.0 Å². The summed E-state index contributed by atoms with van der Waals surface area (Å²) in [5.41, 5.74) is 0. The Labute approximate surface area is 441 Å². The molecule has 14 heteroatoms. The number of carbonyl (C=O) groups excluding carboxylic acids is 1. The maximum absolute atomic E-state index is 13.1. The second kappa shape index (κ2) is 45.8. The van der Waals surface area contributed by atoms with Gasteiger partial charge >= 0.3 is 5.97 Å². The average molecular weight is 1040 g/mol. The van der Waals surface area contributed by atoms with Crippen LogP contribution in [0.15, 0.2) is 60.8 Å². The highest BCUT2D eigenvalue weighted by molar-refractivity contribution is 5.69. The van der Waals surface area contributed by atoms with E-state index in [0.29, 0.717) is 13.0 Å². The van der Waals surface area contributed by atoms with Gasteiger partial charge in [0.1, 0.15) is 54.9 Å². The van der Waals surface area contributed by atoms with E-state index in [0.717, 1.165) is 77.0 Å². The van der Waals surface area contributed by atoms with Gasteiger partial charge in [-0.15, -0.1) is 0 Å². The number of unbranched alkanes of at least 4 members (excludes halogenated alkanes) is 22. The minimum atomic E-state index is -1.71. The standard InChI is InChI=1S/C59H104O14/c1-3-5-7-9-11-13-15-17-19-20-21-22-23-24-25-26-27-28-29-30-32-34-36-38-40-42-51(61)71-48(45-68-43-41-39-37-35-33-31-18-16-14-12-10-8-6-4-2)46-69-58-57(67)55(65)53(63)50(73-58)47-70-59-56(66)54(64)52(62)49(44-60)72-59/h5,7,11,13,17,19,21-22,24-25,48-50,52-60,62-67H,3-4,6,8-10,12,14-16,18,20,23,26-47H2,1-2H3/b7-5-,13-11-,19-17-,22-21-,25-24-. The van der Waals surface area contributed by atoms with Gasteiger partial charge in [-0.2, -0.15) is 0 Å². The number of allylic oxidation sites excluding steroid dienone is 10. The molecule has 0 saturated carbocycles. The SMILES string of the molecule is CC/C=C\C/C=C\C/C=C\C/C=C\C/C=C\CCCCCCCCCCCC(=O)OC(COCCCCCCCCCCCCCCCC)COC1OC(COC2OC(CO)C(O)C(O)C2O)C(O)C(O)C1O. The first-order chi connectivity index (χ1) is 35.6. The van der Waals surface area contributed by atoms with Crippen LogP contribution in [-0.4, -0.2) is 142 Å². The maximum atomic E-state index is 13.1. The molecule has 0 bridgehead atoms. The highest BCUT2D eigenvalue weighted by Crippen LogP contribution is 2.27. The number of rotatable bonds is 46. The third-order valence-corrected chi connectivity index (χ3v) is 13.5. The summed E-state index contributed by atoms with van der Waals surface area (Å²) in [7, 11) is 0. The molecule has 0 aromatic heterocycles. The zero-order valence-corrected chi connectivity index (χ0v) is 45.4. The number of hydrogen-bond donors (Lipinski definition) is 7. The Kier molecular flexibility index (Phi) is 42.0. The van der Waals surface area contributed by atoms with E-state index >= 15 is 0 Å². The summed E-state index contributed by atoms with van der Waals surface area (Å²) in [4.78, 5) is 13.1. The molecule has 0 spiro atoms. The topological polar surface area (TPSA) is 214 Å². The third-order valence-electron chi connectivity index (χ3n) is 13.5. The Balaban J connectivity index is 1.70. The predicted molar refractivity (Wildman–Crippen MR) is 289 cm³/mol. The molecule has 11 atom stereocenters. The summed E-state index contributed by atoms with van der Waals surface area (Å²) in [5, 5.41) is 72.3. The van der Waals surface area contributed by atoms with Crippen LogP contribution in [0.3, 0.4) is 0 Å². The molecule has 2 aliphatic heterocycles. The van der Waals surface area contributed by atoms with Gasteiger partial charge in [0.2, 0.25) is 0 Å². The molecule has 424 valence electrons. The fourth-order valence-electron chi connectivity index (χ4n) is 8.90. The molecule has 0 aliphatic carbocycles. The maximum Gasteiger partial charge on any atom is 0.306 e. The Morgan fingerprint density at radius 3 is 1.40 bits per heavy atom. The number of aliphatic hydroxyl groups is 7. The first-order valence-corrected chi connectivity index (χ1v) is 28.9. The van der Waals surface area contributed by atoms with E-state index in [2.05, 4.69) is 74.6 Å². The molecule has 2 saturated heterocycles. The van der Waals surface area contributed by atoms with E-state index in [1.54, 1.807) is 0 Å². The lowest BCUT2D eigenvalue weighted by Crippen LogP contribution is -2.61. The lowest BCUT2D eigenvalue weighted by Gasteiger charge is -2.42. The predicted octanol–water partition coefficient (Wildman–Crippen LogP) is 10.1. The second-order valence-electron chi connectivity index (χ2n) is 20.1. The molecule has 0 aromatic rings.